The number of carbonyl (C=O) groups is 8. The van der Waals surface area contributed by atoms with Gasteiger partial charge in [-0.2, -0.15) is 0 Å². The minimum absolute atomic E-state index is 0.0104. The first-order valence-electron chi connectivity index (χ1n) is 51.5. The van der Waals surface area contributed by atoms with Crippen LogP contribution < -0.4 is 42.5 Å². The van der Waals surface area contributed by atoms with Gasteiger partial charge in [-0.1, -0.05) is 6.92 Å². The first-order valence-corrected chi connectivity index (χ1v) is 54.8. The quantitative estimate of drug-likeness (QED) is 0.0182. The topological polar surface area (TPSA) is 430 Å². The third-order valence-corrected chi connectivity index (χ3v) is 33.2. The summed E-state index contributed by atoms with van der Waals surface area (Å²) < 4.78 is 28.2. The number of anilines is 4. The molecule has 6 aliphatic heterocycles. The molecule has 4 bridgehead atoms. The molecule has 6 saturated heterocycles. The average Bonchev–Trinajstić information content (AvgIpc) is 1.61. The third-order valence-electron chi connectivity index (χ3n) is 28.8. The smallest absolute Gasteiger partial charge is 0.280 e. The van der Waals surface area contributed by atoms with Gasteiger partial charge in [-0.05, 0) is 329 Å². The van der Waals surface area contributed by atoms with Crippen LogP contribution in [-0.4, -0.2) is 255 Å². The predicted molar refractivity (Wildman–Crippen MR) is 559 cm³/mol. The molecule has 778 valence electrons. The van der Waals surface area contributed by atoms with E-state index in [1.165, 1.54) is 98.2 Å². The summed E-state index contributed by atoms with van der Waals surface area (Å²) in [6.07, 6.45) is 30.6. The van der Waals surface area contributed by atoms with Crippen molar-refractivity contribution < 1.29 is 67.6 Å². The molecule has 0 spiro atoms. The molecular weight excluding hydrogens is 1910 g/mol. The van der Waals surface area contributed by atoms with Crippen LogP contribution in [0.15, 0.2) is 49.1 Å². The maximum Gasteiger partial charge on any atom is 0.280 e. The maximum atomic E-state index is 14.1. The van der Waals surface area contributed by atoms with E-state index in [9.17, 15) is 67.6 Å². The van der Waals surface area contributed by atoms with E-state index < -0.39 is 65.1 Å². The first-order chi connectivity index (χ1) is 67.9. The Morgan fingerprint density at radius 2 is 0.681 bits per heavy atom. The summed E-state index contributed by atoms with van der Waals surface area (Å²) >= 11 is 4.66. The van der Waals surface area contributed by atoms with Gasteiger partial charge < -0.3 is 82.6 Å². The highest BCUT2D eigenvalue weighted by Gasteiger charge is 2.50. The number of pyridine rings is 4. The lowest BCUT2D eigenvalue weighted by Crippen LogP contribution is -2.38. The number of carbonyl (C=O) groups excluding carboxylic acids is 8. The molecule has 14 heterocycles. The number of hydrogen-bond acceptors (Lipinski definition) is 28. The summed E-state index contributed by atoms with van der Waals surface area (Å²) in [6, 6.07) is 9.89. The Morgan fingerprint density at radius 1 is 0.396 bits per heavy atom. The minimum Gasteiger partial charge on any atom is -0.389 e. The number of nitrogens with zero attached hydrogens (tertiary/aromatic N) is 12. The second kappa shape index (κ2) is 42.9. The van der Waals surface area contributed by atoms with Crippen molar-refractivity contribution in [1.82, 2.24) is 80.7 Å². The van der Waals surface area contributed by atoms with Crippen LogP contribution in [0.5, 0.6) is 0 Å². The van der Waals surface area contributed by atoms with Gasteiger partial charge in [-0.25, -0.2) is 48.7 Å². The van der Waals surface area contributed by atoms with Gasteiger partial charge in [0.2, 0.25) is 0 Å². The fourth-order valence-corrected chi connectivity index (χ4v) is 24.7. The van der Waals surface area contributed by atoms with Crippen molar-refractivity contribution in [2.75, 3.05) is 60.5 Å². The van der Waals surface area contributed by atoms with Gasteiger partial charge in [0.15, 0.2) is 20.0 Å². The van der Waals surface area contributed by atoms with Gasteiger partial charge >= 0.3 is 0 Å². The van der Waals surface area contributed by atoms with E-state index in [4.69, 9.17) is 4.98 Å². The molecule has 0 aromatic carbocycles. The molecule has 11 aliphatic rings. The Labute approximate surface area is 858 Å². The molecule has 19 rings (SSSR count). The molecule has 5 saturated carbocycles. The van der Waals surface area contributed by atoms with Crippen molar-refractivity contribution in [3.8, 4) is 41.8 Å². The van der Waals surface area contributed by atoms with Gasteiger partial charge in [-0.15, -0.1) is 45.3 Å². The number of aryl methyl sites for hydroxylation is 4. The third kappa shape index (κ3) is 26.5. The lowest BCUT2D eigenvalue weighted by atomic mass is 10.0. The van der Waals surface area contributed by atoms with Crippen molar-refractivity contribution in [3.05, 3.63) is 114 Å². The van der Waals surface area contributed by atoms with Crippen LogP contribution in [-0.2, 0) is 0 Å². The Balaban J connectivity index is 0.000000138. The summed E-state index contributed by atoms with van der Waals surface area (Å²) in [5.41, 5.74) is 3.40. The van der Waals surface area contributed by atoms with E-state index in [0.717, 1.165) is 167 Å². The van der Waals surface area contributed by atoms with Crippen LogP contribution >= 0.6 is 45.3 Å². The zero-order valence-electron chi connectivity index (χ0n) is 86.3. The molecule has 8 aromatic rings. The van der Waals surface area contributed by atoms with Crippen LogP contribution in [0.25, 0.3) is 41.8 Å². The van der Waals surface area contributed by atoms with Crippen LogP contribution in [0.3, 0.4) is 0 Å². The molecule has 144 heavy (non-hydrogen) atoms. The summed E-state index contributed by atoms with van der Waals surface area (Å²) in [5, 5.41) is 65.7. The van der Waals surface area contributed by atoms with Gasteiger partial charge in [0.1, 0.15) is 46.0 Å². The number of likely N-dealkylation sites (tertiary alicyclic amines) is 2. The monoisotopic (exact) mass is 2060 g/mol. The number of aliphatic hydroxyl groups is 4. The number of rotatable bonds is 33. The van der Waals surface area contributed by atoms with E-state index in [1.807, 2.05) is 73.7 Å². The fourth-order valence-electron chi connectivity index (χ4n) is 20.5. The minimum atomic E-state index is -2.97. The second-order valence-electron chi connectivity index (χ2n) is 45.5. The van der Waals surface area contributed by atoms with Gasteiger partial charge in [0, 0.05) is 146 Å². The highest BCUT2D eigenvalue weighted by Crippen LogP contribution is 2.51. The highest BCUT2D eigenvalue weighted by molar-refractivity contribution is 7.18. The SMILES string of the molecule is CC[C@@H](Nc1cc(C)c(-c2sc(C(=O)NCC(C)(C)O)nc2C(=O)N2C3CCC2CC3)cn1)C1CC1.Cc1cc(NC(C)(C)C)ncc1-c1sc(C(=O)NCC(C)(C)O)nc1C(=O)N1CCC[C@@H]1C.Cc1cc(NC(C2CC2)C2CC2)ncc1-c1sc(C(=O)NCC(C)(C)O)nc1C(=O)N1C2CCC1CC2.Cc1cc(NC(C2CC2)C2CC2)ncc1-c1sc(C(=O)NCC(C)(C)O)nc1C(=O)N1CC(F)(F)C[C@@H]1C. The molecule has 0 unspecified atom stereocenters. The van der Waals surface area contributed by atoms with Crippen LogP contribution in [0, 0.1) is 57.3 Å². The Hall–Kier alpha value is -10.2. The second-order valence-corrected chi connectivity index (χ2v) is 49.5. The van der Waals surface area contributed by atoms with Crippen LogP contribution in [0.2, 0.25) is 0 Å². The molecule has 8 aromatic heterocycles. The van der Waals surface area contributed by atoms with Gasteiger partial charge in [0.05, 0.1) is 48.5 Å². The lowest BCUT2D eigenvalue weighted by Gasteiger charge is -2.22. The van der Waals surface area contributed by atoms with Crippen LogP contribution in [0.1, 0.15) is 342 Å². The normalized spacial score (nSPS) is 20.9. The predicted octanol–water partition coefficient (Wildman–Crippen LogP) is 17.1. The standard InChI is InChI=1S/C28H37N5O3S.C27H35F2N5O3S.C27H37N5O3S.C24H35N5O3S/c1-15-12-21(31-22(16-4-5-16)17-6-7-17)29-13-20(15)24-23(27(35)33-18-8-9-19(33)11-10-18)32-26(37-24)25(34)30-14-28(2,3)36;1-14-9-19(32-20(16-5-6-16)17-7-8-17)30-11-18(14)22-21(25(36)34-13-27(28,29)10-15(34)2)33-24(38-22)23(35)31-12-26(3,4)37;1-5-20(16-6-7-16)30-21-12-15(2)19(13-28-21)23-22(26(34)32-17-8-9-18(32)11-10-17)31-25(36-23)24(33)29-14-27(3,4)35;1-14-11-17(28-23(3,4)5)25-12-16(14)19-18(22(31)29-10-8-9-15(29)2)27-21(33-19)20(30)26-13-24(6,7)32/h12-13,16-19,22,36H,4-11,14H2,1-3H3,(H,29,31)(H,30,34);9,11,15-17,20,37H,5-8,10,12-13H2,1-4H3,(H,30,32)(H,31,35);12-13,16-18,20,35H,5-11,14H2,1-4H3,(H,28,30)(H,29,33);11-12,15,32H,8-10,13H2,1-7H3,(H,25,28)(H,26,30)/t;15-;17?,18?,20-;15-/m.010/s1. The first kappa shape index (κ1) is 107. The van der Waals surface area contributed by atoms with Gasteiger partial charge in [-0.3, -0.25) is 38.4 Å². The van der Waals surface area contributed by atoms with Crippen LogP contribution in [0.4, 0.5) is 32.1 Å². The lowest BCUT2D eigenvalue weighted by molar-refractivity contribution is 0.0117. The Kier molecular flexibility index (Phi) is 31.8. The van der Waals surface area contributed by atoms with Crippen molar-refractivity contribution in [3.63, 3.8) is 0 Å². The van der Waals surface area contributed by atoms with E-state index >= 15 is 0 Å². The van der Waals surface area contributed by atoms with E-state index in [0.29, 0.717) is 73.0 Å². The van der Waals surface area contributed by atoms with E-state index in [1.54, 1.807) is 80.9 Å². The molecule has 8 amide bonds. The van der Waals surface area contributed by atoms with E-state index in [-0.39, 0.29) is 123 Å². The van der Waals surface area contributed by atoms with Crippen molar-refractivity contribution >= 4 is 116 Å². The molecule has 38 heteroatoms. The zero-order valence-corrected chi connectivity index (χ0v) is 89.6. The number of fused-ring (bicyclic) bond motifs is 4. The van der Waals surface area contributed by atoms with Crippen molar-refractivity contribution in [2.45, 2.75) is 354 Å². The number of thiazole rings is 4. The molecule has 11 fully saturated rings. The number of nitrogens with one attached hydrogen (secondary N) is 8. The molecule has 12 N–H and O–H groups in total. The Morgan fingerprint density at radius 3 is 0.938 bits per heavy atom. The summed E-state index contributed by atoms with van der Waals surface area (Å²) in [6.45, 7) is 33.1. The fraction of sp³-hybridized carbons (Fsp3) is 0.623. The van der Waals surface area contributed by atoms with Crippen molar-refractivity contribution in [1.29, 1.82) is 0 Å². The number of aromatic nitrogens is 8. The Bertz CT molecular complexity index is 6020. The number of hydrogen-bond donors (Lipinski definition) is 12. The molecule has 0 radical (unpaired) electrons. The summed E-state index contributed by atoms with van der Waals surface area (Å²) in [5.74, 6) is 1.23. The van der Waals surface area contributed by atoms with Crippen molar-refractivity contribution in [2.24, 2.45) is 29.6 Å². The largest absolute Gasteiger partial charge is 0.389 e. The summed E-state index contributed by atoms with van der Waals surface area (Å²) in [4.78, 5) is 152. The summed E-state index contributed by atoms with van der Waals surface area (Å²) in [7, 11) is 0. The number of amides is 8. The molecular formula is C106H144F2N20O12S4. The number of halogens is 2. The molecule has 3 atom stereocenters. The van der Waals surface area contributed by atoms with E-state index in [2.05, 4.69) is 111 Å². The highest BCUT2D eigenvalue weighted by atomic mass is 32.1. The molecule has 32 nitrogen and oxygen atoms in total. The zero-order chi connectivity index (χ0) is 103. The van der Waals surface area contributed by atoms with Gasteiger partial charge in [0.25, 0.3) is 53.2 Å². The molecule has 5 aliphatic carbocycles. The number of alkyl halides is 2. The maximum absolute atomic E-state index is 14.1. The average molecular weight is 2060 g/mol.